The fraction of sp³-hybridized carbons (Fsp3) is 0.174. The lowest BCUT2D eigenvalue weighted by atomic mass is 10.0. The van der Waals surface area contributed by atoms with Crippen molar-refractivity contribution in [2.24, 2.45) is 5.73 Å². The second kappa shape index (κ2) is 9.94. The van der Waals surface area contributed by atoms with E-state index in [1.807, 2.05) is 0 Å². The minimum absolute atomic E-state index is 0.0760. The normalized spacial score (nSPS) is 13.1. The number of nitrogens with two attached hydrogens (primary N) is 1. The molecular weight excluding hydrogens is 477 g/mol. The number of nitrogens with zero attached hydrogens (tertiary/aromatic N) is 1. The van der Waals surface area contributed by atoms with Gasteiger partial charge in [-0.25, -0.2) is 8.42 Å². The van der Waals surface area contributed by atoms with Crippen molar-refractivity contribution in [2.75, 3.05) is 6.54 Å². The molecule has 3 aromatic rings. The monoisotopic (exact) mass is 496 g/mol. The maximum absolute atomic E-state index is 13.5. The molecule has 0 aliphatic heterocycles. The van der Waals surface area contributed by atoms with Crippen molar-refractivity contribution < 1.29 is 26.4 Å². The van der Waals surface area contributed by atoms with Gasteiger partial charge in [0.1, 0.15) is 6.04 Å². The molecule has 0 heterocycles. The number of alkyl halides is 3. The van der Waals surface area contributed by atoms with Crippen LogP contribution in [-0.4, -0.2) is 25.2 Å². The third-order valence-electron chi connectivity index (χ3n) is 4.97. The van der Waals surface area contributed by atoms with Crippen molar-refractivity contribution in [1.29, 1.82) is 0 Å². The van der Waals surface area contributed by atoms with Gasteiger partial charge in [-0.15, -0.1) is 0 Å². The van der Waals surface area contributed by atoms with Crippen LogP contribution in [0.15, 0.2) is 83.8 Å². The number of hydrogen-bond acceptors (Lipinski definition) is 3. The van der Waals surface area contributed by atoms with Gasteiger partial charge in [-0.05, 0) is 47.9 Å². The summed E-state index contributed by atoms with van der Waals surface area (Å²) in [6.07, 6.45) is -4.61. The highest BCUT2D eigenvalue weighted by molar-refractivity contribution is 7.89. The average molecular weight is 497 g/mol. The summed E-state index contributed by atoms with van der Waals surface area (Å²) in [5.41, 5.74) is 5.36. The molecule has 2 N–H and O–H groups in total. The van der Waals surface area contributed by atoms with E-state index < -0.39 is 33.7 Å². The molecule has 5 nitrogen and oxygen atoms in total. The molecule has 1 amide bonds. The van der Waals surface area contributed by atoms with Crippen LogP contribution in [0, 0.1) is 0 Å². The summed E-state index contributed by atoms with van der Waals surface area (Å²) in [5.74, 6) is -0.914. The number of carbonyl (C=O) groups is 1. The zero-order chi connectivity index (χ0) is 24.2. The third kappa shape index (κ3) is 5.93. The number of rotatable bonds is 8. The standard InChI is InChI=1S/C23H20ClF3N2O3S/c24-19-9-11-20(12-10-19)33(31,32)29(21(22(28)30)17-6-2-1-3-7-17)14-13-16-5-4-8-18(15-16)23(25,26)27/h1-12,15,21H,13-14H2,(H2,28,30)/t21-/m1/s1. The van der Waals surface area contributed by atoms with Gasteiger partial charge in [0.2, 0.25) is 15.9 Å². The topological polar surface area (TPSA) is 80.5 Å². The van der Waals surface area contributed by atoms with Crippen LogP contribution >= 0.6 is 11.6 Å². The molecule has 0 bridgehead atoms. The zero-order valence-corrected chi connectivity index (χ0v) is 18.7. The molecule has 0 saturated heterocycles. The maximum Gasteiger partial charge on any atom is 0.416 e. The molecule has 0 unspecified atom stereocenters. The van der Waals surface area contributed by atoms with Gasteiger partial charge in [-0.2, -0.15) is 17.5 Å². The molecule has 1 atom stereocenters. The van der Waals surface area contributed by atoms with E-state index in [1.54, 1.807) is 30.3 Å². The summed E-state index contributed by atoms with van der Waals surface area (Å²) >= 11 is 5.87. The van der Waals surface area contributed by atoms with Crippen LogP contribution in [0.4, 0.5) is 13.2 Å². The average Bonchev–Trinajstić information content (AvgIpc) is 2.76. The molecule has 0 saturated carbocycles. The number of sulfonamides is 1. The molecule has 3 rings (SSSR count). The minimum Gasteiger partial charge on any atom is -0.368 e. The summed E-state index contributed by atoms with van der Waals surface area (Å²) in [6, 6.07) is 16.7. The molecular formula is C23H20ClF3N2O3S. The zero-order valence-electron chi connectivity index (χ0n) is 17.2. The first kappa shape index (κ1) is 24.8. The first-order chi connectivity index (χ1) is 15.5. The smallest absolute Gasteiger partial charge is 0.368 e. The van der Waals surface area contributed by atoms with Gasteiger partial charge in [0.05, 0.1) is 10.5 Å². The van der Waals surface area contributed by atoms with Gasteiger partial charge >= 0.3 is 6.18 Å². The van der Waals surface area contributed by atoms with E-state index >= 15 is 0 Å². The Bertz CT molecular complexity index is 1220. The lowest BCUT2D eigenvalue weighted by Gasteiger charge is -2.29. The highest BCUT2D eigenvalue weighted by atomic mass is 35.5. The lowest BCUT2D eigenvalue weighted by molar-refractivity contribution is -0.137. The van der Waals surface area contributed by atoms with E-state index in [2.05, 4.69) is 0 Å². The van der Waals surface area contributed by atoms with Gasteiger partial charge in [0.25, 0.3) is 0 Å². The van der Waals surface area contributed by atoms with Gasteiger partial charge in [0, 0.05) is 11.6 Å². The van der Waals surface area contributed by atoms with Crippen LogP contribution in [0.5, 0.6) is 0 Å². The Labute approximate surface area is 194 Å². The molecule has 0 radical (unpaired) electrons. The number of hydrogen-bond donors (Lipinski definition) is 1. The summed E-state index contributed by atoms with van der Waals surface area (Å²) in [6.45, 7) is -0.283. The van der Waals surface area contributed by atoms with E-state index in [9.17, 15) is 26.4 Å². The molecule has 10 heteroatoms. The minimum atomic E-state index is -4.54. The van der Waals surface area contributed by atoms with Gasteiger partial charge in [-0.1, -0.05) is 60.1 Å². The summed E-state index contributed by atoms with van der Waals surface area (Å²) in [7, 11) is -4.27. The summed E-state index contributed by atoms with van der Waals surface area (Å²) < 4.78 is 67.2. The molecule has 0 aromatic heterocycles. The largest absolute Gasteiger partial charge is 0.416 e. The quantitative estimate of drug-likeness (QED) is 0.485. The van der Waals surface area contributed by atoms with E-state index in [0.29, 0.717) is 10.6 Å². The number of amides is 1. The molecule has 33 heavy (non-hydrogen) atoms. The van der Waals surface area contributed by atoms with Crippen LogP contribution in [-0.2, 0) is 27.4 Å². The Kier molecular flexibility index (Phi) is 7.46. The predicted octanol–water partition coefficient (Wildman–Crippen LogP) is 4.82. The molecule has 0 spiro atoms. The highest BCUT2D eigenvalue weighted by Gasteiger charge is 2.36. The van der Waals surface area contributed by atoms with Crippen molar-refractivity contribution in [2.45, 2.75) is 23.5 Å². The Hall–Kier alpha value is -2.88. The lowest BCUT2D eigenvalue weighted by Crippen LogP contribution is -2.42. The molecule has 0 fully saturated rings. The Balaban J connectivity index is 2.03. The van der Waals surface area contributed by atoms with Crippen LogP contribution < -0.4 is 5.73 Å². The van der Waals surface area contributed by atoms with Crippen LogP contribution in [0.3, 0.4) is 0 Å². The van der Waals surface area contributed by atoms with Crippen LogP contribution in [0.25, 0.3) is 0 Å². The number of primary amides is 1. The Morgan fingerprint density at radius 2 is 1.61 bits per heavy atom. The first-order valence-corrected chi connectivity index (χ1v) is 11.6. The highest BCUT2D eigenvalue weighted by Crippen LogP contribution is 2.31. The SMILES string of the molecule is NC(=O)[C@@H](c1ccccc1)N(CCc1cccc(C(F)(F)F)c1)S(=O)(=O)c1ccc(Cl)cc1. The fourth-order valence-corrected chi connectivity index (χ4v) is 5.09. The molecule has 0 aliphatic rings. The number of carbonyl (C=O) groups excluding carboxylic acids is 1. The van der Waals surface area contributed by atoms with Crippen molar-refractivity contribution >= 4 is 27.5 Å². The second-order valence-electron chi connectivity index (χ2n) is 7.23. The summed E-state index contributed by atoms with van der Waals surface area (Å²) in [4.78, 5) is 12.3. The van der Waals surface area contributed by atoms with Gasteiger partial charge in [0.15, 0.2) is 0 Å². The Morgan fingerprint density at radius 3 is 2.18 bits per heavy atom. The van der Waals surface area contributed by atoms with Crippen LogP contribution in [0.2, 0.25) is 5.02 Å². The van der Waals surface area contributed by atoms with E-state index in [0.717, 1.165) is 16.4 Å². The fourth-order valence-electron chi connectivity index (χ4n) is 3.38. The molecule has 174 valence electrons. The predicted molar refractivity (Wildman–Crippen MR) is 119 cm³/mol. The molecule has 3 aromatic carbocycles. The number of halogens is 4. The van der Waals surface area contributed by atoms with E-state index in [4.69, 9.17) is 17.3 Å². The third-order valence-corrected chi connectivity index (χ3v) is 7.10. The Morgan fingerprint density at radius 1 is 0.970 bits per heavy atom. The van der Waals surface area contributed by atoms with Crippen molar-refractivity contribution in [3.05, 3.63) is 101 Å². The van der Waals surface area contributed by atoms with Crippen molar-refractivity contribution in [1.82, 2.24) is 4.31 Å². The van der Waals surface area contributed by atoms with Crippen LogP contribution in [0.1, 0.15) is 22.7 Å². The van der Waals surface area contributed by atoms with Gasteiger partial charge in [-0.3, -0.25) is 4.79 Å². The first-order valence-electron chi connectivity index (χ1n) is 9.78. The summed E-state index contributed by atoms with van der Waals surface area (Å²) in [5, 5.41) is 0.318. The maximum atomic E-state index is 13.5. The van der Waals surface area contributed by atoms with E-state index in [1.165, 1.54) is 36.4 Å². The molecule has 0 aliphatic carbocycles. The second-order valence-corrected chi connectivity index (χ2v) is 9.56. The number of benzene rings is 3. The van der Waals surface area contributed by atoms with Crippen molar-refractivity contribution in [3.8, 4) is 0 Å². The van der Waals surface area contributed by atoms with Gasteiger partial charge < -0.3 is 5.73 Å². The van der Waals surface area contributed by atoms with Crippen molar-refractivity contribution in [3.63, 3.8) is 0 Å². The van der Waals surface area contributed by atoms with E-state index in [-0.39, 0.29) is 23.4 Å².